The van der Waals surface area contributed by atoms with E-state index in [2.05, 4.69) is 19.2 Å². The zero-order valence-electron chi connectivity index (χ0n) is 10.7. The summed E-state index contributed by atoms with van der Waals surface area (Å²) in [7, 11) is -2.89. The molecule has 0 aromatic carbocycles. The lowest BCUT2D eigenvalue weighted by Crippen LogP contribution is -2.41. The third-order valence-electron chi connectivity index (χ3n) is 3.36. The molecule has 16 heavy (non-hydrogen) atoms. The molecule has 96 valence electrons. The second-order valence-electron chi connectivity index (χ2n) is 5.18. The van der Waals surface area contributed by atoms with Gasteiger partial charge in [0.15, 0.2) is 9.84 Å². The van der Waals surface area contributed by atoms with E-state index < -0.39 is 9.84 Å². The van der Waals surface area contributed by atoms with Crippen LogP contribution in [0.5, 0.6) is 0 Å². The molecule has 1 fully saturated rings. The van der Waals surface area contributed by atoms with E-state index in [0.29, 0.717) is 11.7 Å². The van der Waals surface area contributed by atoms with Gasteiger partial charge in [0.05, 0.1) is 11.0 Å². The maximum atomic E-state index is 12.2. The third-order valence-corrected chi connectivity index (χ3v) is 5.65. The van der Waals surface area contributed by atoms with Crippen molar-refractivity contribution < 1.29 is 8.42 Å². The molecule has 1 saturated carbocycles. The highest BCUT2D eigenvalue weighted by Gasteiger charge is 2.36. The molecular weight excluding hydrogens is 222 g/mol. The van der Waals surface area contributed by atoms with Gasteiger partial charge in [0.25, 0.3) is 0 Å². The predicted molar refractivity (Wildman–Crippen MR) is 68.3 cm³/mol. The summed E-state index contributed by atoms with van der Waals surface area (Å²) in [5.74, 6) is 0.825. The van der Waals surface area contributed by atoms with Crippen molar-refractivity contribution in [2.75, 3.05) is 12.3 Å². The highest BCUT2D eigenvalue weighted by atomic mass is 32.2. The lowest BCUT2D eigenvalue weighted by atomic mass is 10.2. The summed E-state index contributed by atoms with van der Waals surface area (Å²) >= 11 is 0. The van der Waals surface area contributed by atoms with Crippen LogP contribution in [-0.2, 0) is 9.84 Å². The average Bonchev–Trinajstić information content (AvgIpc) is 2.64. The second kappa shape index (κ2) is 6.01. The number of rotatable bonds is 6. The van der Waals surface area contributed by atoms with E-state index in [1.165, 1.54) is 0 Å². The molecule has 0 amide bonds. The van der Waals surface area contributed by atoms with Crippen LogP contribution in [0.25, 0.3) is 0 Å². The van der Waals surface area contributed by atoms with Crippen LogP contribution in [0.4, 0.5) is 0 Å². The third kappa shape index (κ3) is 3.74. The Morgan fingerprint density at radius 2 is 2.00 bits per heavy atom. The number of hydrogen-bond acceptors (Lipinski definition) is 3. The van der Waals surface area contributed by atoms with Gasteiger partial charge >= 0.3 is 0 Å². The molecule has 0 aromatic rings. The molecule has 2 atom stereocenters. The highest BCUT2D eigenvalue weighted by Crippen LogP contribution is 2.26. The van der Waals surface area contributed by atoms with Crippen LogP contribution in [-0.4, -0.2) is 32.0 Å². The van der Waals surface area contributed by atoms with Gasteiger partial charge < -0.3 is 5.32 Å². The Bertz CT molecular complexity index is 298. The monoisotopic (exact) mass is 247 g/mol. The Kier molecular flexibility index (Phi) is 5.25. The topological polar surface area (TPSA) is 46.2 Å². The lowest BCUT2D eigenvalue weighted by molar-refractivity contribution is 0.511. The van der Waals surface area contributed by atoms with Crippen molar-refractivity contribution >= 4 is 9.84 Å². The Labute approximate surface area is 99.9 Å². The molecule has 3 nitrogen and oxygen atoms in total. The standard InChI is InChI=1S/C12H25NO2S/c1-4-13-11-6-5-7-12(11)16(14,15)9-8-10(2)3/h10-13H,4-9H2,1-3H3. The van der Waals surface area contributed by atoms with Gasteiger partial charge in [0, 0.05) is 6.04 Å². The molecule has 1 N–H and O–H groups in total. The van der Waals surface area contributed by atoms with Gasteiger partial charge in [-0.15, -0.1) is 0 Å². The van der Waals surface area contributed by atoms with E-state index in [-0.39, 0.29) is 11.3 Å². The molecule has 0 aromatic heterocycles. The second-order valence-corrected chi connectivity index (χ2v) is 7.52. The first-order valence-corrected chi connectivity index (χ1v) is 8.14. The maximum absolute atomic E-state index is 12.2. The minimum Gasteiger partial charge on any atom is -0.313 e. The van der Waals surface area contributed by atoms with Gasteiger partial charge in [-0.1, -0.05) is 27.2 Å². The molecule has 2 unspecified atom stereocenters. The maximum Gasteiger partial charge on any atom is 0.154 e. The van der Waals surface area contributed by atoms with E-state index in [9.17, 15) is 8.42 Å². The molecular formula is C12H25NO2S. The van der Waals surface area contributed by atoms with Crippen LogP contribution in [0.1, 0.15) is 46.5 Å². The first-order chi connectivity index (χ1) is 7.47. The van der Waals surface area contributed by atoms with E-state index >= 15 is 0 Å². The molecule has 0 spiro atoms. The number of hydrogen-bond donors (Lipinski definition) is 1. The molecule has 0 aliphatic heterocycles. The first kappa shape index (κ1) is 14.0. The SMILES string of the molecule is CCNC1CCCC1S(=O)(=O)CCC(C)C. The fourth-order valence-corrected chi connectivity index (χ4v) is 4.76. The summed E-state index contributed by atoms with van der Waals surface area (Å²) in [6.45, 7) is 7.05. The smallest absolute Gasteiger partial charge is 0.154 e. The van der Waals surface area contributed by atoms with Crippen LogP contribution < -0.4 is 5.32 Å². The molecule has 0 bridgehead atoms. The molecule has 1 rings (SSSR count). The quantitative estimate of drug-likeness (QED) is 0.780. The highest BCUT2D eigenvalue weighted by molar-refractivity contribution is 7.92. The van der Waals surface area contributed by atoms with Crippen LogP contribution >= 0.6 is 0 Å². The van der Waals surface area contributed by atoms with Crippen molar-refractivity contribution in [2.24, 2.45) is 5.92 Å². The molecule has 4 heteroatoms. The van der Waals surface area contributed by atoms with Crippen molar-refractivity contribution in [3.05, 3.63) is 0 Å². The minimum absolute atomic E-state index is 0.133. The van der Waals surface area contributed by atoms with Crippen molar-refractivity contribution in [1.82, 2.24) is 5.32 Å². The van der Waals surface area contributed by atoms with Gasteiger partial charge in [-0.2, -0.15) is 0 Å². The summed E-state index contributed by atoms with van der Waals surface area (Å²) in [5.41, 5.74) is 0. The Morgan fingerprint density at radius 3 is 2.56 bits per heavy atom. The summed E-state index contributed by atoms with van der Waals surface area (Å²) in [6.07, 6.45) is 3.69. The summed E-state index contributed by atoms with van der Waals surface area (Å²) < 4.78 is 24.4. The van der Waals surface area contributed by atoms with Crippen LogP contribution in [0.3, 0.4) is 0 Å². The van der Waals surface area contributed by atoms with Crippen LogP contribution in [0.15, 0.2) is 0 Å². The van der Waals surface area contributed by atoms with Crippen molar-refractivity contribution in [3.8, 4) is 0 Å². The molecule has 0 saturated heterocycles. The molecule has 1 aliphatic rings. The van der Waals surface area contributed by atoms with Crippen molar-refractivity contribution in [3.63, 3.8) is 0 Å². The van der Waals surface area contributed by atoms with Crippen molar-refractivity contribution in [2.45, 2.75) is 57.7 Å². The largest absolute Gasteiger partial charge is 0.313 e. The fraction of sp³-hybridized carbons (Fsp3) is 1.00. The minimum atomic E-state index is -2.89. The molecule has 1 aliphatic carbocycles. The van der Waals surface area contributed by atoms with Crippen LogP contribution in [0.2, 0.25) is 0 Å². The van der Waals surface area contributed by atoms with Gasteiger partial charge in [-0.3, -0.25) is 0 Å². The number of sulfone groups is 1. The molecule has 0 heterocycles. The Morgan fingerprint density at radius 1 is 1.31 bits per heavy atom. The Balaban J connectivity index is 2.59. The summed E-state index contributed by atoms with van der Waals surface area (Å²) in [6, 6.07) is 0.196. The van der Waals surface area contributed by atoms with E-state index in [1.54, 1.807) is 0 Å². The Hall–Kier alpha value is -0.0900. The molecule has 0 radical (unpaired) electrons. The fourth-order valence-electron chi connectivity index (χ4n) is 2.40. The lowest BCUT2D eigenvalue weighted by Gasteiger charge is -2.21. The van der Waals surface area contributed by atoms with E-state index in [4.69, 9.17) is 0 Å². The average molecular weight is 247 g/mol. The van der Waals surface area contributed by atoms with Gasteiger partial charge in [0.2, 0.25) is 0 Å². The van der Waals surface area contributed by atoms with E-state index in [1.807, 2.05) is 6.92 Å². The summed E-state index contributed by atoms with van der Waals surface area (Å²) in [4.78, 5) is 0. The normalized spacial score (nSPS) is 26.5. The van der Waals surface area contributed by atoms with Gasteiger partial charge in [-0.25, -0.2) is 8.42 Å². The van der Waals surface area contributed by atoms with Gasteiger partial charge in [0.1, 0.15) is 0 Å². The van der Waals surface area contributed by atoms with Crippen molar-refractivity contribution in [1.29, 1.82) is 0 Å². The zero-order chi connectivity index (χ0) is 12.2. The zero-order valence-corrected chi connectivity index (χ0v) is 11.5. The predicted octanol–water partition coefficient (Wildman–Crippen LogP) is 1.98. The van der Waals surface area contributed by atoms with Crippen LogP contribution in [0, 0.1) is 5.92 Å². The van der Waals surface area contributed by atoms with E-state index in [0.717, 1.165) is 32.2 Å². The first-order valence-electron chi connectivity index (χ1n) is 6.42. The number of nitrogens with one attached hydrogen (secondary N) is 1. The van der Waals surface area contributed by atoms with Gasteiger partial charge in [-0.05, 0) is 31.7 Å². The summed E-state index contributed by atoms with van der Waals surface area (Å²) in [5, 5.41) is 3.18.